The molecular weight excluding hydrogens is 352 g/mol. The lowest BCUT2D eigenvalue weighted by molar-refractivity contribution is 0.354. The maximum atomic E-state index is 11.3. The molecule has 1 aromatic carbocycles. The quantitative estimate of drug-likeness (QED) is 0.625. The highest BCUT2D eigenvalue weighted by Crippen LogP contribution is 2.33. The third kappa shape index (κ3) is 3.85. The summed E-state index contributed by atoms with van der Waals surface area (Å²) >= 11 is 3.40. The smallest absolute Gasteiger partial charge is 0.252 e. The Morgan fingerprint density at radius 3 is 2.73 bits per heavy atom. The van der Waals surface area contributed by atoms with Crippen LogP contribution in [-0.2, 0) is 0 Å². The monoisotopic (exact) mass is 366 g/mol. The second-order valence-electron chi connectivity index (χ2n) is 4.34. The van der Waals surface area contributed by atoms with Gasteiger partial charge in [-0.1, -0.05) is 15.9 Å². The summed E-state index contributed by atoms with van der Waals surface area (Å²) in [6.07, 6.45) is 1.55. The molecule has 22 heavy (non-hydrogen) atoms. The summed E-state index contributed by atoms with van der Waals surface area (Å²) in [5.41, 5.74) is 3.74. The first-order valence-corrected chi connectivity index (χ1v) is 7.11. The lowest BCUT2D eigenvalue weighted by Gasteiger charge is -2.10. The van der Waals surface area contributed by atoms with Gasteiger partial charge in [-0.3, -0.25) is 9.78 Å². The average Bonchev–Trinajstić information content (AvgIpc) is 2.45. The van der Waals surface area contributed by atoms with Crippen molar-refractivity contribution in [2.45, 2.75) is 6.92 Å². The van der Waals surface area contributed by atoms with Gasteiger partial charge in [0.1, 0.15) is 0 Å². The van der Waals surface area contributed by atoms with Crippen LogP contribution >= 0.6 is 15.9 Å². The van der Waals surface area contributed by atoms with Gasteiger partial charge in [-0.15, -0.1) is 0 Å². The number of aromatic amines is 1. The van der Waals surface area contributed by atoms with Crippen LogP contribution in [0.15, 0.2) is 32.6 Å². The maximum absolute atomic E-state index is 11.3. The van der Waals surface area contributed by atoms with Gasteiger partial charge in [-0.05, 0) is 19.1 Å². The molecule has 0 saturated heterocycles. The number of rotatable bonds is 5. The predicted molar refractivity (Wildman–Crippen MR) is 88.1 cm³/mol. The summed E-state index contributed by atoms with van der Waals surface area (Å²) in [6, 6.07) is 5.03. The maximum Gasteiger partial charge on any atom is 0.252 e. The van der Waals surface area contributed by atoms with E-state index in [9.17, 15) is 4.79 Å². The minimum absolute atomic E-state index is 0.244. The van der Waals surface area contributed by atoms with Crippen molar-refractivity contribution in [1.29, 1.82) is 0 Å². The van der Waals surface area contributed by atoms with E-state index in [1.54, 1.807) is 33.4 Å². The number of anilines is 1. The molecule has 0 bridgehead atoms. The predicted octanol–water partition coefficient (Wildman–Crippen LogP) is 2.30. The molecule has 1 aromatic heterocycles. The Balaban J connectivity index is 2.26. The highest BCUT2D eigenvalue weighted by molar-refractivity contribution is 9.10. The number of hydrogen-bond acceptors (Lipinski definition) is 6. The molecule has 0 atom stereocenters. The first-order valence-electron chi connectivity index (χ1n) is 6.32. The van der Waals surface area contributed by atoms with E-state index in [4.69, 9.17) is 9.47 Å². The van der Waals surface area contributed by atoms with E-state index >= 15 is 0 Å². The number of hydrazone groups is 1. The molecule has 1 heterocycles. The molecule has 8 heteroatoms. The summed E-state index contributed by atoms with van der Waals surface area (Å²) in [7, 11) is 3.11. The summed E-state index contributed by atoms with van der Waals surface area (Å²) in [6.45, 7) is 1.73. The number of nitrogens with zero attached hydrogens (tertiary/aromatic N) is 2. The van der Waals surface area contributed by atoms with Crippen LogP contribution in [0.3, 0.4) is 0 Å². The van der Waals surface area contributed by atoms with Crippen LogP contribution in [0.5, 0.6) is 11.5 Å². The Morgan fingerprint density at radius 2 is 2.09 bits per heavy atom. The molecule has 0 saturated carbocycles. The molecule has 0 radical (unpaired) electrons. The van der Waals surface area contributed by atoms with Crippen molar-refractivity contribution in [2.24, 2.45) is 5.10 Å². The van der Waals surface area contributed by atoms with Gasteiger partial charge >= 0.3 is 0 Å². The molecule has 2 aromatic rings. The van der Waals surface area contributed by atoms with Crippen molar-refractivity contribution < 1.29 is 9.47 Å². The molecule has 0 unspecified atom stereocenters. The molecule has 0 fully saturated rings. The van der Waals surface area contributed by atoms with E-state index in [0.29, 0.717) is 22.8 Å². The average molecular weight is 367 g/mol. The minimum atomic E-state index is -0.244. The number of halogens is 1. The van der Waals surface area contributed by atoms with Crippen molar-refractivity contribution in [2.75, 3.05) is 19.6 Å². The topological polar surface area (TPSA) is 88.6 Å². The molecule has 0 spiro atoms. The first-order chi connectivity index (χ1) is 10.5. The van der Waals surface area contributed by atoms with E-state index < -0.39 is 0 Å². The van der Waals surface area contributed by atoms with Gasteiger partial charge < -0.3 is 9.47 Å². The van der Waals surface area contributed by atoms with Gasteiger partial charge in [-0.2, -0.15) is 5.10 Å². The summed E-state index contributed by atoms with van der Waals surface area (Å²) in [5, 5.41) is 4.06. The normalized spacial score (nSPS) is 10.7. The Morgan fingerprint density at radius 1 is 1.32 bits per heavy atom. The zero-order valence-electron chi connectivity index (χ0n) is 12.3. The number of aryl methyl sites for hydroxylation is 1. The van der Waals surface area contributed by atoms with Crippen LogP contribution in [0.4, 0.5) is 5.95 Å². The van der Waals surface area contributed by atoms with Crippen molar-refractivity contribution in [3.63, 3.8) is 0 Å². The summed E-state index contributed by atoms with van der Waals surface area (Å²) in [4.78, 5) is 18.0. The van der Waals surface area contributed by atoms with E-state index in [1.165, 1.54) is 6.07 Å². The number of methoxy groups -OCH3 is 2. The van der Waals surface area contributed by atoms with Crippen LogP contribution < -0.4 is 20.5 Å². The van der Waals surface area contributed by atoms with Gasteiger partial charge in [0, 0.05) is 21.8 Å². The minimum Gasteiger partial charge on any atom is -0.493 e. The Hall–Kier alpha value is -2.35. The standard InChI is InChI=1S/C14H15BrN4O3/c1-8-4-12(20)18-14(17-8)19-16-7-9-5-10(15)6-11(21-2)13(9)22-3/h4-7H,1-3H3,(H2,17,18,19,20)/b16-7-. The largest absolute Gasteiger partial charge is 0.493 e. The van der Waals surface area contributed by atoms with Crippen LogP contribution in [0.25, 0.3) is 0 Å². The van der Waals surface area contributed by atoms with Crippen LogP contribution in [0.1, 0.15) is 11.3 Å². The number of aromatic nitrogens is 2. The number of benzene rings is 1. The molecule has 0 aliphatic heterocycles. The number of H-pyrrole nitrogens is 1. The molecule has 0 amide bonds. The lowest BCUT2D eigenvalue weighted by atomic mass is 10.2. The van der Waals surface area contributed by atoms with E-state index in [0.717, 1.165) is 4.47 Å². The molecule has 116 valence electrons. The van der Waals surface area contributed by atoms with Gasteiger partial charge in [0.25, 0.3) is 5.56 Å². The Kier molecular flexibility index (Phi) is 5.16. The fraction of sp³-hybridized carbons (Fsp3) is 0.214. The van der Waals surface area contributed by atoms with Gasteiger partial charge in [-0.25, -0.2) is 10.4 Å². The fourth-order valence-electron chi connectivity index (χ4n) is 1.85. The second-order valence-corrected chi connectivity index (χ2v) is 5.25. The van der Waals surface area contributed by atoms with Crippen LogP contribution in [0.2, 0.25) is 0 Å². The van der Waals surface area contributed by atoms with E-state index in [-0.39, 0.29) is 11.5 Å². The molecule has 0 aliphatic carbocycles. The van der Waals surface area contributed by atoms with Crippen molar-refractivity contribution in [3.8, 4) is 11.5 Å². The first kappa shape index (κ1) is 16.0. The summed E-state index contributed by atoms with van der Waals surface area (Å²) < 4.78 is 11.4. The van der Waals surface area contributed by atoms with Gasteiger partial charge in [0.2, 0.25) is 5.95 Å². The highest BCUT2D eigenvalue weighted by atomic mass is 79.9. The molecular formula is C14H15BrN4O3. The van der Waals surface area contributed by atoms with Crippen LogP contribution in [0, 0.1) is 6.92 Å². The number of nitrogens with one attached hydrogen (secondary N) is 2. The molecule has 7 nitrogen and oxygen atoms in total. The van der Waals surface area contributed by atoms with Crippen molar-refractivity contribution in [1.82, 2.24) is 9.97 Å². The highest BCUT2D eigenvalue weighted by Gasteiger charge is 2.10. The van der Waals surface area contributed by atoms with Crippen molar-refractivity contribution >= 4 is 28.1 Å². The van der Waals surface area contributed by atoms with Gasteiger partial charge in [0.05, 0.1) is 20.4 Å². The molecule has 0 aliphatic rings. The Bertz CT molecular complexity index is 758. The zero-order chi connectivity index (χ0) is 16.1. The lowest BCUT2D eigenvalue weighted by Crippen LogP contribution is -2.10. The van der Waals surface area contributed by atoms with Crippen molar-refractivity contribution in [3.05, 3.63) is 44.3 Å². The molecule has 2 N–H and O–H groups in total. The third-order valence-corrected chi connectivity index (χ3v) is 3.17. The Labute approximate surface area is 135 Å². The van der Waals surface area contributed by atoms with Gasteiger partial charge in [0.15, 0.2) is 11.5 Å². The summed E-state index contributed by atoms with van der Waals surface area (Å²) in [5.74, 6) is 1.41. The van der Waals surface area contributed by atoms with Crippen LogP contribution in [-0.4, -0.2) is 30.4 Å². The fourth-order valence-corrected chi connectivity index (χ4v) is 2.30. The van der Waals surface area contributed by atoms with E-state index in [1.807, 2.05) is 6.07 Å². The number of ether oxygens (including phenoxy) is 2. The zero-order valence-corrected chi connectivity index (χ0v) is 13.9. The SMILES string of the molecule is COc1cc(Br)cc(/C=N\Nc2nc(C)cc(=O)[nH]2)c1OC. The second kappa shape index (κ2) is 7.08. The van der Waals surface area contributed by atoms with E-state index in [2.05, 4.69) is 36.4 Å². The number of hydrogen-bond donors (Lipinski definition) is 2. The molecule has 2 rings (SSSR count). The third-order valence-electron chi connectivity index (χ3n) is 2.72.